The Hall–Kier alpha value is -2.69. The van der Waals surface area contributed by atoms with Gasteiger partial charge in [0.2, 0.25) is 11.8 Å². The van der Waals surface area contributed by atoms with Gasteiger partial charge in [0.1, 0.15) is 5.82 Å². The summed E-state index contributed by atoms with van der Waals surface area (Å²) >= 11 is 0. The van der Waals surface area contributed by atoms with Crippen LogP contribution in [0.3, 0.4) is 0 Å². The predicted molar refractivity (Wildman–Crippen MR) is 92.6 cm³/mol. The number of H-pyrrole nitrogens is 2. The highest BCUT2D eigenvalue weighted by atomic mass is 16.5. The van der Waals surface area contributed by atoms with Gasteiger partial charge in [-0.05, 0) is 32.1 Å². The number of hydrogen-bond donors (Lipinski definition) is 5. The van der Waals surface area contributed by atoms with Crippen molar-refractivity contribution in [1.82, 2.24) is 25.8 Å². The first-order valence-corrected chi connectivity index (χ1v) is 8.90. The Balaban J connectivity index is 0.000000817. The van der Waals surface area contributed by atoms with Crippen LogP contribution in [0.2, 0.25) is 0 Å². The van der Waals surface area contributed by atoms with Crippen LogP contribution >= 0.6 is 0 Å². The minimum absolute atomic E-state index is 0.0259. The number of carbonyl (C=O) groups is 3. The summed E-state index contributed by atoms with van der Waals surface area (Å²) in [5.41, 5.74) is -0.386. The zero-order valence-electron chi connectivity index (χ0n) is 14.9. The Kier molecular flexibility index (Phi) is 7.99. The molecule has 3 rings (SSSR count). The lowest BCUT2D eigenvalue weighted by Crippen LogP contribution is -2.43. The lowest BCUT2D eigenvalue weighted by molar-refractivity contribution is -0.127. The molecule has 1 aliphatic carbocycles. The van der Waals surface area contributed by atoms with Gasteiger partial charge < -0.3 is 20.5 Å². The van der Waals surface area contributed by atoms with Crippen molar-refractivity contribution in [3.05, 3.63) is 16.3 Å². The molecule has 0 radical (unpaired) electrons. The van der Waals surface area contributed by atoms with Gasteiger partial charge >= 0.3 is 5.69 Å². The van der Waals surface area contributed by atoms with Gasteiger partial charge in [-0.2, -0.15) is 5.10 Å². The number of nitrogens with zero attached hydrogens (tertiary/aromatic N) is 1. The largest absolute Gasteiger partial charge is 0.483 e. The first kappa shape index (κ1) is 20.6. The summed E-state index contributed by atoms with van der Waals surface area (Å²) in [4.78, 5) is 46.0. The molecule has 0 aromatic carbocycles. The number of hydrogen-bond acceptors (Lipinski definition) is 6. The molecule has 27 heavy (non-hydrogen) atoms. The van der Waals surface area contributed by atoms with E-state index in [1.54, 1.807) is 0 Å². The number of rotatable bonds is 5. The van der Waals surface area contributed by atoms with E-state index >= 15 is 0 Å². The van der Waals surface area contributed by atoms with Crippen molar-refractivity contribution in [2.45, 2.75) is 44.7 Å². The van der Waals surface area contributed by atoms with Crippen LogP contribution in [0.1, 0.15) is 37.9 Å². The zero-order chi connectivity index (χ0) is 19.6. The normalized spacial score (nSPS) is 24.4. The van der Waals surface area contributed by atoms with Crippen LogP contribution in [0.25, 0.3) is 0 Å². The molecular weight excluding hydrogens is 358 g/mol. The number of carboxylic acid groups (broad SMARTS) is 1. The van der Waals surface area contributed by atoms with Gasteiger partial charge in [0, 0.05) is 18.6 Å². The molecule has 1 aromatic heterocycles. The molecule has 11 heteroatoms. The van der Waals surface area contributed by atoms with Crippen molar-refractivity contribution in [3.8, 4) is 0 Å². The van der Waals surface area contributed by atoms with Gasteiger partial charge in [0.15, 0.2) is 0 Å². The molecular formula is C16H25N5O6. The monoisotopic (exact) mass is 383 g/mol. The second-order valence-electron chi connectivity index (χ2n) is 6.57. The van der Waals surface area contributed by atoms with Gasteiger partial charge in [-0.1, -0.05) is 0 Å². The summed E-state index contributed by atoms with van der Waals surface area (Å²) in [7, 11) is 0. The first-order chi connectivity index (χ1) is 13.0. The van der Waals surface area contributed by atoms with E-state index in [0.29, 0.717) is 19.0 Å². The molecule has 2 heterocycles. The molecule has 150 valence electrons. The molecule has 5 N–H and O–H groups in total. The quantitative estimate of drug-likeness (QED) is 0.412. The molecule has 2 aliphatic rings. The number of nitrogens with one attached hydrogen (secondary N) is 4. The lowest BCUT2D eigenvalue weighted by Gasteiger charge is -2.29. The standard InChI is InChI=1S/C15H23N5O4.CH2O2/c21-13(16-7-12-18-15(23)20-19-12)9-1-3-11(4-2-9)17-14(22)10-5-6-24-8-10;2-1-3/h9-11H,1-8H2,(H,16,21)(H,17,22)(H2,18,19,20,23);1H,(H,2,3). The Morgan fingerprint density at radius 2 is 1.89 bits per heavy atom. The Bertz CT molecular complexity index is 673. The number of aromatic amines is 2. The Morgan fingerprint density at radius 1 is 1.19 bits per heavy atom. The van der Waals surface area contributed by atoms with E-state index in [-0.39, 0.29) is 48.4 Å². The molecule has 1 unspecified atom stereocenters. The SMILES string of the molecule is O=C(NCc1n[nH]c(=O)[nH]1)C1CCC(NC(=O)C2CCOC2)CC1.O=CO. The van der Waals surface area contributed by atoms with E-state index in [1.807, 2.05) is 0 Å². The molecule has 1 aromatic rings. The molecule has 1 atom stereocenters. The first-order valence-electron chi connectivity index (χ1n) is 8.90. The van der Waals surface area contributed by atoms with Crippen LogP contribution in [-0.2, 0) is 25.7 Å². The molecule has 1 aliphatic heterocycles. The molecule has 2 fully saturated rings. The molecule has 2 amide bonds. The third-order valence-corrected chi connectivity index (χ3v) is 4.73. The third kappa shape index (κ3) is 6.51. The maximum atomic E-state index is 12.2. The molecule has 0 bridgehead atoms. The van der Waals surface area contributed by atoms with Crippen molar-refractivity contribution >= 4 is 18.3 Å². The summed E-state index contributed by atoms with van der Waals surface area (Å²) in [5.74, 6) is 0.365. The highest BCUT2D eigenvalue weighted by Crippen LogP contribution is 2.25. The van der Waals surface area contributed by atoms with E-state index in [1.165, 1.54) is 0 Å². The van der Waals surface area contributed by atoms with Gasteiger partial charge in [-0.3, -0.25) is 19.4 Å². The molecule has 1 saturated carbocycles. The number of ether oxygens (including phenoxy) is 1. The predicted octanol–water partition coefficient (Wildman–Crippen LogP) is -0.873. The second kappa shape index (κ2) is 10.5. The fourth-order valence-corrected chi connectivity index (χ4v) is 3.26. The smallest absolute Gasteiger partial charge is 0.340 e. The number of amides is 2. The van der Waals surface area contributed by atoms with E-state index in [2.05, 4.69) is 25.8 Å². The van der Waals surface area contributed by atoms with Crippen molar-refractivity contribution in [3.63, 3.8) is 0 Å². The summed E-state index contributed by atoms with van der Waals surface area (Å²) in [6.45, 7) is 1.13. The van der Waals surface area contributed by atoms with Gasteiger partial charge in [0.25, 0.3) is 6.47 Å². The summed E-state index contributed by atoms with van der Waals surface area (Å²) in [5, 5.41) is 18.8. The average Bonchev–Trinajstić information content (AvgIpc) is 3.33. The van der Waals surface area contributed by atoms with Gasteiger partial charge in [-0.25, -0.2) is 9.89 Å². The highest BCUT2D eigenvalue weighted by molar-refractivity contribution is 5.80. The minimum Gasteiger partial charge on any atom is -0.483 e. The minimum atomic E-state index is -0.386. The second-order valence-corrected chi connectivity index (χ2v) is 6.57. The van der Waals surface area contributed by atoms with E-state index in [0.717, 1.165) is 32.1 Å². The van der Waals surface area contributed by atoms with Crippen LogP contribution in [0.15, 0.2) is 4.79 Å². The fourth-order valence-electron chi connectivity index (χ4n) is 3.26. The number of carbonyl (C=O) groups excluding carboxylic acids is 2. The van der Waals surface area contributed by atoms with Crippen molar-refractivity contribution in [2.75, 3.05) is 13.2 Å². The van der Waals surface area contributed by atoms with Crippen LogP contribution < -0.4 is 16.3 Å². The lowest BCUT2D eigenvalue weighted by atomic mass is 9.85. The fraction of sp³-hybridized carbons (Fsp3) is 0.688. The number of aromatic nitrogens is 3. The van der Waals surface area contributed by atoms with Gasteiger partial charge in [0.05, 0.1) is 19.1 Å². The van der Waals surface area contributed by atoms with Crippen LogP contribution in [-0.4, -0.2) is 57.8 Å². The van der Waals surface area contributed by atoms with E-state index in [9.17, 15) is 14.4 Å². The Labute approximate surface area is 155 Å². The average molecular weight is 383 g/mol. The third-order valence-electron chi connectivity index (χ3n) is 4.73. The topological polar surface area (TPSA) is 166 Å². The molecule has 11 nitrogen and oxygen atoms in total. The molecule has 0 spiro atoms. The highest BCUT2D eigenvalue weighted by Gasteiger charge is 2.30. The zero-order valence-corrected chi connectivity index (χ0v) is 14.9. The van der Waals surface area contributed by atoms with Crippen LogP contribution in [0.4, 0.5) is 0 Å². The van der Waals surface area contributed by atoms with Crippen LogP contribution in [0.5, 0.6) is 0 Å². The molecule has 1 saturated heterocycles. The van der Waals surface area contributed by atoms with E-state index in [4.69, 9.17) is 14.6 Å². The maximum absolute atomic E-state index is 12.2. The van der Waals surface area contributed by atoms with Crippen molar-refractivity contribution in [1.29, 1.82) is 0 Å². The van der Waals surface area contributed by atoms with Crippen molar-refractivity contribution < 1.29 is 24.2 Å². The summed E-state index contributed by atoms with van der Waals surface area (Å²) < 4.78 is 5.24. The summed E-state index contributed by atoms with van der Waals surface area (Å²) in [6, 6.07) is 0.143. The van der Waals surface area contributed by atoms with Crippen molar-refractivity contribution in [2.24, 2.45) is 11.8 Å². The van der Waals surface area contributed by atoms with E-state index < -0.39 is 0 Å². The maximum Gasteiger partial charge on any atom is 0.340 e. The Morgan fingerprint density at radius 3 is 2.44 bits per heavy atom. The summed E-state index contributed by atoms with van der Waals surface area (Å²) in [6.07, 6.45) is 3.89. The van der Waals surface area contributed by atoms with Crippen LogP contribution in [0, 0.1) is 11.8 Å². The van der Waals surface area contributed by atoms with Gasteiger partial charge in [-0.15, -0.1) is 0 Å².